The van der Waals surface area contributed by atoms with Gasteiger partial charge in [-0.3, -0.25) is 10.4 Å². The standard InChI is InChI=1S/C14H13N5.2ClH/c1-8-3-2-6-17-12(8)14-18-10-5-4-9(13(15)16)7-11(10)19-14;;/h2-7H,1H3,(H3,15,16)(H,18,19);2*1H. The van der Waals surface area contributed by atoms with Gasteiger partial charge in [-0.25, -0.2) is 4.98 Å². The molecule has 5 nitrogen and oxygen atoms in total. The summed E-state index contributed by atoms with van der Waals surface area (Å²) >= 11 is 0. The smallest absolute Gasteiger partial charge is 0.157 e. The van der Waals surface area contributed by atoms with E-state index < -0.39 is 0 Å². The lowest BCUT2D eigenvalue weighted by atomic mass is 10.2. The lowest BCUT2D eigenvalue weighted by Gasteiger charge is -1.98. The summed E-state index contributed by atoms with van der Waals surface area (Å²) in [6, 6.07) is 9.38. The SMILES string of the molecule is Cc1cccnc1-c1nc2cc(C(=N)N)ccc2[nH]1.Cl.Cl. The molecule has 2 aromatic heterocycles. The van der Waals surface area contributed by atoms with Crippen molar-refractivity contribution in [3.8, 4) is 11.5 Å². The van der Waals surface area contributed by atoms with Gasteiger partial charge in [0.15, 0.2) is 5.82 Å². The number of benzene rings is 1. The Morgan fingerprint density at radius 2 is 2.00 bits per heavy atom. The number of H-pyrrole nitrogens is 1. The monoisotopic (exact) mass is 323 g/mol. The van der Waals surface area contributed by atoms with E-state index in [1.165, 1.54) is 0 Å². The summed E-state index contributed by atoms with van der Waals surface area (Å²) in [6.07, 6.45) is 1.75. The van der Waals surface area contributed by atoms with E-state index in [2.05, 4.69) is 15.0 Å². The molecule has 21 heavy (non-hydrogen) atoms. The number of pyridine rings is 1. The van der Waals surface area contributed by atoms with E-state index in [4.69, 9.17) is 11.1 Å². The van der Waals surface area contributed by atoms with Gasteiger partial charge in [0, 0.05) is 11.8 Å². The molecule has 0 aliphatic heterocycles. The number of nitrogens with two attached hydrogens (primary N) is 1. The molecule has 0 fully saturated rings. The molecule has 0 aliphatic rings. The van der Waals surface area contributed by atoms with Gasteiger partial charge in [-0.15, -0.1) is 24.8 Å². The number of amidine groups is 1. The van der Waals surface area contributed by atoms with Gasteiger partial charge in [0.05, 0.1) is 11.0 Å². The number of aryl methyl sites for hydroxylation is 1. The topological polar surface area (TPSA) is 91.4 Å². The second-order valence-corrected chi connectivity index (χ2v) is 4.40. The van der Waals surface area contributed by atoms with E-state index in [0.717, 1.165) is 28.1 Å². The van der Waals surface area contributed by atoms with Gasteiger partial charge in [-0.1, -0.05) is 6.07 Å². The molecule has 0 spiro atoms. The third-order valence-corrected chi connectivity index (χ3v) is 3.03. The Labute approximate surface area is 134 Å². The highest BCUT2D eigenvalue weighted by Crippen LogP contribution is 2.21. The van der Waals surface area contributed by atoms with Gasteiger partial charge in [0.2, 0.25) is 0 Å². The summed E-state index contributed by atoms with van der Waals surface area (Å²) in [5.41, 5.74) is 9.74. The van der Waals surface area contributed by atoms with Crippen molar-refractivity contribution in [1.29, 1.82) is 5.41 Å². The predicted octanol–water partition coefficient (Wildman–Crippen LogP) is 3.06. The van der Waals surface area contributed by atoms with Crippen molar-refractivity contribution in [1.82, 2.24) is 15.0 Å². The van der Waals surface area contributed by atoms with E-state index in [-0.39, 0.29) is 30.6 Å². The van der Waals surface area contributed by atoms with E-state index in [9.17, 15) is 0 Å². The molecule has 0 atom stereocenters. The Morgan fingerprint density at radius 3 is 2.67 bits per heavy atom. The quantitative estimate of drug-likeness (QED) is 0.500. The summed E-state index contributed by atoms with van der Waals surface area (Å²) in [5.74, 6) is 0.772. The van der Waals surface area contributed by atoms with Gasteiger partial charge >= 0.3 is 0 Å². The Hall–Kier alpha value is -2.11. The molecule has 0 bridgehead atoms. The van der Waals surface area contributed by atoms with E-state index in [0.29, 0.717) is 5.56 Å². The number of fused-ring (bicyclic) bond motifs is 1. The average molecular weight is 324 g/mol. The molecule has 3 aromatic rings. The first-order chi connectivity index (χ1) is 9.15. The molecule has 1 aromatic carbocycles. The van der Waals surface area contributed by atoms with Gasteiger partial charge in [-0.05, 0) is 36.8 Å². The van der Waals surface area contributed by atoms with Crippen molar-refractivity contribution in [3.05, 3.63) is 47.7 Å². The van der Waals surface area contributed by atoms with E-state index in [1.807, 2.05) is 25.1 Å². The number of rotatable bonds is 2. The molecular weight excluding hydrogens is 309 g/mol. The Bertz CT molecular complexity index is 782. The van der Waals surface area contributed by atoms with Crippen molar-refractivity contribution in [2.45, 2.75) is 6.92 Å². The zero-order valence-electron chi connectivity index (χ0n) is 11.3. The van der Waals surface area contributed by atoms with Crippen LogP contribution in [-0.4, -0.2) is 20.8 Å². The number of aromatic nitrogens is 3. The highest BCUT2D eigenvalue weighted by Gasteiger charge is 2.09. The maximum atomic E-state index is 7.44. The van der Waals surface area contributed by atoms with Crippen LogP contribution in [0.4, 0.5) is 0 Å². The third-order valence-electron chi connectivity index (χ3n) is 3.03. The number of nitrogens with zero attached hydrogens (tertiary/aromatic N) is 2. The normalized spacial score (nSPS) is 9.76. The number of imidazole rings is 1. The largest absolute Gasteiger partial charge is 0.384 e. The molecular formula is C14H15Cl2N5. The zero-order chi connectivity index (χ0) is 13.4. The van der Waals surface area contributed by atoms with Crippen LogP contribution in [0.15, 0.2) is 36.5 Å². The molecule has 0 unspecified atom stereocenters. The molecule has 3 rings (SSSR count). The fourth-order valence-corrected chi connectivity index (χ4v) is 2.02. The highest BCUT2D eigenvalue weighted by molar-refractivity contribution is 5.98. The molecule has 0 aliphatic carbocycles. The fraction of sp³-hybridized carbons (Fsp3) is 0.0714. The minimum Gasteiger partial charge on any atom is -0.384 e. The Balaban J connectivity index is 0.00000110. The van der Waals surface area contributed by atoms with Crippen LogP contribution in [0.25, 0.3) is 22.6 Å². The van der Waals surface area contributed by atoms with Crippen LogP contribution in [0.2, 0.25) is 0 Å². The van der Waals surface area contributed by atoms with Crippen LogP contribution >= 0.6 is 24.8 Å². The molecule has 0 amide bonds. The van der Waals surface area contributed by atoms with Crippen LogP contribution in [-0.2, 0) is 0 Å². The van der Waals surface area contributed by atoms with Crippen molar-refractivity contribution in [3.63, 3.8) is 0 Å². The summed E-state index contributed by atoms with van der Waals surface area (Å²) in [6.45, 7) is 2.00. The maximum Gasteiger partial charge on any atom is 0.157 e. The first-order valence-electron chi connectivity index (χ1n) is 5.91. The molecule has 110 valence electrons. The number of nitrogen functional groups attached to an aromatic ring is 1. The van der Waals surface area contributed by atoms with Crippen molar-refractivity contribution in [2.24, 2.45) is 5.73 Å². The van der Waals surface area contributed by atoms with Gasteiger partial charge in [-0.2, -0.15) is 0 Å². The van der Waals surface area contributed by atoms with E-state index in [1.54, 1.807) is 18.3 Å². The average Bonchev–Trinajstić information content (AvgIpc) is 2.81. The Kier molecular flexibility index (Phi) is 5.29. The van der Waals surface area contributed by atoms with Crippen LogP contribution in [0.1, 0.15) is 11.1 Å². The number of halogens is 2. The lowest BCUT2D eigenvalue weighted by Crippen LogP contribution is -2.10. The highest BCUT2D eigenvalue weighted by atomic mass is 35.5. The lowest BCUT2D eigenvalue weighted by molar-refractivity contribution is 1.20. The van der Waals surface area contributed by atoms with Gasteiger partial charge in [0.25, 0.3) is 0 Å². The second kappa shape index (κ2) is 6.56. The zero-order valence-corrected chi connectivity index (χ0v) is 12.9. The Morgan fingerprint density at radius 1 is 1.24 bits per heavy atom. The summed E-state index contributed by atoms with van der Waals surface area (Å²) in [7, 11) is 0. The molecule has 7 heteroatoms. The molecule has 2 heterocycles. The molecule has 4 N–H and O–H groups in total. The third kappa shape index (κ3) is 3.15. The van der Waals surface area contributed by atoms with Crippen molar-refractivity contribution >= 4 is 41.7 Å². The molecule has 0 radical (unpaired) electrons. The number of hydrogen-bond donors (Lipinski definition) is 3. The summed E-state index contributed by atoms with van der Waals surface area (Å²) in [4.78, 5) is 12.1. The predicted molar refractivity (Wildman–Crippen MR) is 89.6 cm³/mol. The first kappa shape index (κ1) is 16.9. The second-order valence-electron chi connectivity index (χ2n) is 4.40. The number of nitrogens with one attached hydrogen (secondary N) is 2. The number of hydrogen-bond acceptors (Lipinski definition) is 3. The van der Waals surface area contributed by atoms with Crippen LogP contribution < -0.4 is 5.73 Å². The van der Waals surface area contributed by atoms with E-state index >= 15 is 0 Å². The van der Waals surface area contributed by atoms with Crippen molar-refractivity contribution in [2.75, 3.05) is 0 Å². The van der Waals surface area contributed by atoms with Gasteiger partial charge in [0.1, 0.15) is 11.5 Å². The van der Waals surface area contributed by atoms with Crippen molar-refractivity contribution < 1.29 is 0 Å². The minimum atomic E-state index is 0. The van der Waals surface area contributed by atoms with Crippen LogP contribution in [0.3, 0.4) is 0 Å². The van der Waals surface area contributed by atoms with Crippen LogP contribution in [0.5, 0.6) is 0 Å². The molecule has 0 saturated carbocycles. The minimum absolute atomic E-state index is 0. The van der Waals surface area contributed by atoms with Crippen LogP contribution in [0, 0.1) is 12.3 Å². The first-order valence-corrected chi connectivity index (χ1v) is 5.91. The fourth-order valence-electron chi connectivity index (χ4n) is 2.02. The summed E-state index contributed by atoms with van der Waals surface area (Å²) in [5, 5.41) is 7.44. The van der Waals surface area contributed by atoms with Gasteiger partial charge < -0.3 is 10.7 Å². The number of aromatic amines is 1. The maximum absolute atomic E-state index is 7.44. The molecule has 0 saturated heterocycles. The summed E-state index contributed by atoms with van der Waals surface area (Å²) < 4.78 is 0.